The molecule has 2 rings (SSSR count). The van der Waals surface area contributed by atoms with Gasteiger partial charge in [-0.15, -0.1) is 0 Å². The molecule has 0 atom stereocenters. The first-order valence-electron chi connectivity index (χ1n) is 5.66. The minimum Gasteiger partial charge on any atom is -0.505 e. The summed E-state index contributed by atoms with van der Waals surface area (Å²) in [6.07, 6.45) is 0. The number of carbonyl (C=O) groups excluding carboxylic acids is 2. The van der Waals surface area contributed by atoms with Crippen molar-refractivity contribution in [2.45, 2.75) is 0 Å². The molecule has 7 heteroatoms. The second-order valence-corrected chi connectivity index (χ2v) is 4.26. The van der Waals surface area contributed by atoms with Crippen molar-refractivity contribution in [2.75, 3.05) is 13.7 Å². The first kappa shape index (κ1) is 14.1. The van der Waals surface area contributed by atoms with Crippen LogP contribution in [0.2, 0.25) is 5.15 Å². The monoisotopic (exact) mass is 294 g/mol. The molecule has 1 aromatic heterocycles. The Morgan fingerprint density at radius 1 is 1.35 bits per heavy atom. The molecule has 1 amide bonds. The fourth-order valence-electron chi connectivity index (χ4n) is 1.68. The summed E-state index contributed by atoms with van der Waals surface area (Å²) in [4.78, 5) is 26.7. The Balaban J connectivity index is 2.37. The van der Waals surface area contributed by atoms with E-state index in [0.29, 0.717) is 10.8 Å². The lowest BCUT2D eigenvalue weighted by Crippen LogP contribution is -2.30. The summed E-state index contributed by atoms with van der Waals surface area (Å²) in [5.74, 6) is -1.60. The summed E-state index contributed by atoms with van der Waals surface area (Å²) in [5.41, 5.74) is -0.238. The van der Waals surface area contributed by atoms with Gasteiger partial charge in [-0.25, -0.2) is 4.98 Å². The van der Waals surface area contributed by atoms with Gasteiger partial charge in [0.05, 0.1) is 7.11 Å². The molecule has 0 aliphatic heterocycles. The van der Waals surface area contributed by atoms with E-state index in [0.717, 1.165) is 0 Å². The van der Waals surface area contributed by atoms with Crippen molar-refractivity contribution in [3.63, 3.8) is 0 Å². The maximum Gasteiger partial charge on any atom is 0.325 e. The van der Waals surface area contributed by atoms with E-state index >= 15 is 0 Å². The molecule has 0 saturated heterocycles. The first-order valence-corrected chi connectivity index (χ1v) is 6.04. The van der Waals surface area contributed by atoms with E-state index in [1.165, 1.54) is 7.11 Å². The van der Waals surface area contributed by atoms with Crippen LogP contribution in [-0.2, 0) is 9.53 Å². The van der Waals surface area contributed by atoms with Crippen molar-refractivity contribution in [1.29, 1.82) is 0 Å². The third-order valence-corrected chi connectivity index (χ3v) is 2.96. The molecule has 6 nitrogen and oxygen atoms in total. The van der Waals surface area contributed by atoms with Crippen LogP contribution < -0.4 is 5.32 Å². The predicted octanol–water partition coefficient (Wildman–Crippen LogP) is 1.50. The van der Waals surface area contributed by atoms with E-state index in [-0.39, 0.29) is 23.1 Å². The second-order valence-electron chi connectivity index (χ2n) is 3.90. The van der Waals surface area contributed by atoms with Crippen LogP contribution in [0.25, 0.3) is 10.8 Å². The lowest BCUT2D eigenvalue weighted by atomic mass is 10.1. The normalized spacial score (nSPS) is 10.3. The maximum absolute atomic E-state index is 11.9. The van der Waals surface area contributed by atoms with Gasteiger partial charge in [0.2, 0.25) is 0 Å². The van der Waals surface area contributed by atoms with Crippen LogP contribution in [-0.4, -0.2) is 35.6 Å². The Bertz CT molecular complexity index is 687. The quantitative estimate of drug-likeness (QED) is 0.661. The SMILES string of the molecule is COC(=O)CNC(=O)c1nc(Cl)c2ccccc2c1O. The summed E-state index contributed by atoms with van der Waals surface area (Å²) in [6, 6.07) is 6.75. The van der Waals surface area contributed by atoms with E-state index in [2.05, 4.69) is 15.0 Å². The number of aromatic nitrogens is 1. The zero-order chi connectivity index (χ0) is 14.7. The number of methoxy groups -OCH3 is 1. The molecule has 2 aromatic rings. The fraction of sp³-hybridized carbons (Fsp3) is 0.154. The molecule has 104 valence electrons. The van der Waals surface area contributed by atoms with Crippen molar-refractivity contribution < 1.29 is 19.4 Å². The molecule has 1 aromatic carbocycles. The molecule has 0 aliphatic rings. The Labute approximate surface area is 119 Å². The van der Waals surface area contributed by atoms with Crippen molar-refractivity contribution in [3.05, 3.63) is 35.1 Å². The molecule has 2 N–H and O–H groups in total. The highest BCUT2D eigenvalue weighted by atomic mass is 35.5. The van der Waals surface area contributed by atoms with Crippen molar-refractivity contribution >= 4 is 34.2 Å². The molecular formula is C13H11ClN2O4. The number of hydrogen-bond acceptors (Lipinski definition) is 5. The minimum atomic E-state index is -0.708. The number of esters is 1. The highest BCUT2D eigenvalue weighted by Gasteiger charge is 2.18. The van der Waals surface area contributed by atoms with Crippen LogP contribution >= 0.6 is 11.6 Å². The number of carbonyl (C=O) groups is 2. The van der Waals surface area contributed by atoms with Gasteiger partial charge in [-0.1, -0.05) is 35.9 Å². The van der Waals surface area contributed by atoms with E-state index in [9.17, 15) is 14.7 Å². The average Bonchev–Trinajstić information content (AvgIpc) is 2.48. The van der Waals surface area contributed by atoms with E-state index in [1.807, 2.05) is 0 Å². The summed E-state index contributed by atoms with van der Waals surface area (Å²) in [7, 11) is 1.21. The minimum absolute atomic E-state index is 0.0987. The van der Waals surface area contributed by atoms with Gasteiger partial charge in [0, 0.05) is 10.8 Å². The largest absolute Gasteiger partial charge is 0.505 e. The molecular weight excluding hydrogens is 284 g/mol. The number of hydrogen-bond donors (Lipinski definition) is 2. The Morgan fingerprint density at radius 2 is 2.00 bits per heavy atom. The van der Waals surface area contributed by atoms with Crippen LogP contribution in [0.15, 0.2) is 24.3 Å². The number of ether oxygens (including phenoxy) is 1. The molecule has 0 spiro atoms. The highest BCUT2D eigenvalue weighted by Crippen LogP contribution is 2.31. The van der Waals surface area contributed by atoms with Crippen molar-refractivity contribution in [1.82, 2.24) is 10.3 Å². The van der Waals surface area contributed by atoms with Crippen LogP contribution in [0.4, 0.5) is 0 Å². The second kappa shape index (κ2) is 5.75. The van der Waals surface area contributed by atoms with E-state index < -0.39 is 11.9 Å². The van der Waals surface area contributed by atoms with Crippen LogP contribution in [0.5, 0.6) is 5.75 Å². The van der Waals surface area contributed by atoms with Crippen molar-refractivity contribution in [2.24, 2.45) is 0 Å². The number of amides is 1. The number of halogens is 1. The summed E-state index contributed by atoms with van der Waals surface area (Å²) >= 11 is 5.97. The number of fused-ring (bicyclic) bond motifs is 1. The van der Waals surface area contributed by atoms with Crippen molar-refractivity contribution in [3.8, 4) is 5.75 Å². The van der Waals surface area contributed by atoms with Gasteiger partial charge in [-0.05, 0) is 0 Å². The Morgan fingerprint density at radius 3 is 2.65 bits per heavy atom. The van der Waals surface area contributed by atoms with Gasteiger partial charge in [0.1, 0.15) is 11.7 Å². The van der Waals surface area contributed by atoms with Crippen LogP contribution in [0.3, 0.4) is 0 Å². The molecule has 1 heterocycles. The standard InChI is InChI=1S/C13H11ClN2O4/c1-20-9(17)6-15-13(19)10-11(18)7-4-2-3-5-8(7)12(14)16-10/h2-5,18H,6H2,1H3,(H,15,19). The van der Waals surface area contributed by atoms with Gasteiger partial charge in [-0.2, -0.15) is 0 Å². The van der Waals surface area contributed by atoms with Crippen LogP contribution in [0.1, 0.15) is 10.5 Å². The molecule has 0 bridgehead atoms. The maximum atomic E-state index is 11.9. The number of benzene rings is 1. The predicted molar refractivity (Wildman–Crippen MR) is 72.8 cm³/mol. The van der Waals surface area contributed by atoms with Gasteiger partial charge >= 0.3 is 5.97 Å². The fourth-order valence-corrected chi connectivity index (χ4v) is 1.92. The zero-order valence-corrected chi connectivity index (χ0v) is 11.3. The van der Waals surface area contributed by atoms with Crippen LogP contribution in [0, 0.1) is 0 Å². The summed E-state index contributed by atoms with van der Waals surface area (Å²) in [6.45, 7) is -0.319. The summed E-state index contributed by atoms with van der Waals surface area (Å²) in [5, 5.41) is 13.4. The van der Waals surface area contributed by atoms with Gasteiger partial charge in [0.15, 0.2) is 11.4 Å². The van der Waals surface area contributed by atoms with E-state index in [4.69, 9.17) is 11.6 Å². The first-order chi connectivity index (χ1) is 9.54. The Hall–Kier alpha value is -2.34. The number of nitrogens with zero attached hydrogens (tertiary/aromatic N) is 1. The molecule has 0 fully saturated rings. The zero-order valence-electron chi connectivity index (χ0n) is 10.5. The highest BCUT2D eigenvalue weighted by molar-refractivity contribution is 6.34. The topological polar surface area (TPSA) is 88.5 Å². The molecule has 20 heavy (non-hydrogen) atoms. The number of aromatic hydroxyl groups is 1. The summed E-state index contributed by atoms with van der Waals surface area (Å²) < 4.78 is 4.40. The Kier molecular flexibility index (Phi) is 4.05. The molecule has 0 unspecified atom stereocenters. The van der Waals surface area contributed by atoms with E-state index in [1.54, 1.807) is 24.3 Å². The number of rotatable bonds is 3. The molecule has 0 radical (unpaired) electrons. The van der Waals surface area contributed by atoms with Gasteiger partial charge < -0.3 is 15.2 Å². The third-order valence-electron chi connectivity index (χ3n) is 2.67. The van der Waals surface area contributed by atoms with Gasteiger partial charge in [-0.3, -0.25) is 9.59 Å². The average molecular weight is 295 g/mol. The lowest BCUT2D eigenvalue weighted by molar-refractivity contribution is -0.139. The smallest absolute Gasteiger partial charge is 0.325 e. The molecule has 0 aliphatic carbocycles. The third kappa shape index (κ3) is 2.65. The van der Waals surface area contributed by atoms with Gasteiger partial charge in [0.25, 0.3) is 5.91 Å². The number of nitrogens with one attached hydrogen (secondary N) is 1. The lowest BCUT2D eigenvalue weighted by Gasteiger charge is -2.08. The molecule has 0 saturated carbocycles. The number of pyridine rings is 1.